The predicted octanol–water partition coefficient (Wildman–Crippen LogP) is 6.07. The number of ether oxygens (including phenoxy) is 1. The molecule has 31 heavy (non-hydrogen) atoms. The number of methoxy groups -OCH3 is 1. The summed E-state index contributed by atoms with van der Waals surface area (Å²) < 4.78 is 47.9. The standard InChI is InChI=1S/C22H15BrF3N3O2/c1-31-17-10-11-19-18(12-17)28-21(22(24,25)26)29(19)16-8-6-15(7-9-16)27-20(30)13-2-4-14(23)5-3-13/h2-12H,1H3,(H,27,30). The molecule has 4 aromatic rings. The zero-order valence-corrected chi connectivity index (χ0v) is 17.7. The molecule has 4 rings (SSSR count). The number of hydrogen-bond donors (Lipinski definition) is 1. The Hall–Kier alpha value is -3.33. The van der Waals surface area contributed by atoms with Crippen molar-refractivity contribution in [2.75, 3.05) is 12.4 Å². The number of imidazole rings is 1. The fourth-order valence-corrected chi connectivity index (χ4v) is 3.40. The van der Waals surface area contributed by atoms with Crippen LogP contribution in [0.25, 0.3) is 16.7 Å². The van der Waals surface area contributed by atoms with Crippen LogP contribution in [0, 0.1) is 0 Å². The van der Waals surface area contributed by atoms with Gasteiger partial charge in [-0.25, -0.2) is 4.98 Å². The van der Waals surface area contributed by atoms with Crippen LogP contribution in [0.4, 0.5) is 18.9 Å². The van der Waals surface area contributed by atoms with Gasteiger partial charge in [-0.3, -0.25) is 9.36 Å². The molecule has 1 amide bonds. The van der Waals surface area contributed by atoms with Gasteiger partial charge in [0.25, 0.3) is 5.91 Å². The van der Waals surface area contributed by atoms with Crippen LogP contribution in [0.2, 0.25) is 0 Å². The van der Waals surface area contributed by atoms with Crippen LogP contribution in [-0.4, -0.2) is 22.6 Å². The summed E-state index contributed by atoms with van der Waals surface area (Å²) in [6, 6.07) is 17.5. The lowest BCUT2D eigenvalue weighted by atomic mass is 10.2. The molecular weight excluding hydrogens is 475 g/mol. The second-order valence-corrected chi connectivity index (χ2v) is 7.55. The van der Waals surface area contributed by atoms with E-state index in [-0.39, 0.29) is 17.1 Å². The van der Waals surface area contributed by atoms with E-state index < -0.39 is 12.0 Å². The van der Waals surface area contributed by atoms with Gasteiger partial charge < -0.3 is 10.1 Å². The van der Waals surface area contributed by atoms with Gasteiger partial charge in [0, 0.05) is 27.5 Å². The van der Waals surface area contributed by atoms with E-state index in [1.807, 2.05) is 0 Å². The minimum absolute atomic E-state index is 0.166. The van der Waals surface area contributed by atoms with Crippen LogP contribution in [0.15, 0.2) is 71.2 Å². The van der Waals surface area contributed by atoms with Crippen molar-refractivity contribution in [1.29, 1.82) is 0 Å². The lowest BCUT2D eigenvalue weighted by Gasteiger charge is -2.12. The van der Waals surface area contributed by atoms with E-state index in [1.165, 1.54) is 31.4 Å². The first-order chi connectivity index (χ1) is 14.8. The molecule has 3 aromatic carbocycles. The first-order valence-electron chi connectivity index (χ1n) is 9.07. The van der Waals surface area contributed by atoms with E-state index in [9.17, 15) is 18.0 Å². The third-order valence-corrected chi connectivity index (χ3v) is 5.13. The molecule has 0 saturated carbocycles. The van der Waals surface area contributed by atoms with Gasteiger partial charge in [-0.1, -0.05) is 15.9 Å². The molecular formula is C22H15BrF3N3O2. The van der Waals surface area contributed by atoms with Crippen molar-refractivity contribution in [3.05, 3.63) is 82.6 Å². The van der Waals surface area contributed by atoms with Crippen molar-refractivity contribution in [2.45, 2.75) is 6.18 Å². The topological polar surface area (TPSA) is 56.1 Å². The highest BCUT2D eigenvalue weighted by molar-refractivity contribution is 9.10. The number of nitrogens with one attached hydrogen (secondary N) is 1. The highest BCUT2D eigenvalue weighted by Crippen LogP contribution is 2.35. The molecule has 158 valence electrons. The molecule has 1 heterocycles. The van der Waals surface area contributed by atoms with Gasteiger partial charge in [-0.15, -0.1) is 0 Å². The van der Waals surface area contributed by atoms with Crippen LogP contribution >= 0.6 is 15.9 Å². The average molecular weight is 490 g/mol. The van der Waals surface area contributed by atoms with Crippen LogP contribution in [0.5, 0.6) is 5.75 Å². The molecule has 5 nitrogen and oxygen atoms in total. The van der Waals surface area contributed by atoms with Gasteiger partial charge in [0.2, 0.25) is 5.82 Å². The summed E-state index contributed by atoms with van der Waals surface area (Å²) >= 11 is 3.31. The van der Waals surface area contributed by atoms with E-state index in [2.05, 4.69) is 26.2 Å². The first-order valence-corrected chi connectivity index (χ1v) is 9.86. The number of hydrogen-bond acceptors (Lipinski definition) is 3. The monoisotopic (exact) mass is 489 g/mol. The number of halogens is 4. The number of benzene rings is 3. The predicted molar refractivity (Wildman–Crippen MR) is 115 cm³/mol. The number of carbonyl (C=O) groups is 1. The first kappa shape index (κ1) is 20.9. The van der Waals surface area contributed by atoms with E-state index in [1.54, 1.807) is 42.5 Å². The van der Waals surface area contributed by atoms with E-state index in [0.29, 0.717) is 22.5 Å². The van der Waals surface area contributed by atoms with E-state index in [0.717, 1.165) is 9.04 Å². The molecule has 0 aliphatic rings. The fraction of sp³-hybridized carbons (Fsp3) is 0.0909. The third-order valence-electron chi connectivity index (χ3n) is 4.60. The summed E-state index contributed by atoms with van der Waals surface area (Å²) in [5.74, 6) is -0.948. The summed E-state index contributed by atoms with van der Waals surface area (Å²) in [7, 11) is 1.43. The van der Waals surface area contributed by atoms with Gasteiger partial charge in [-0.2, -0.15) is 13.2 Å². The molecule has 9 heteroatoms. The molecule has 0 fully saturated rings. The maximum atomic E-state index is 13.6. The van der Waals surface area contributed by atoms with Gasteiger partial charge in [0.15, 0.2) is 0 Å². The van der Waals surface area contributed by atoms with Gasteiger partial charge in [-0.05, 0) is 60.7 Å². The summed E-state index contributed by atoms with van der Waals surface area (Å²) in [6.45, 7) is 0. The molecule has 1 aromatic heterocycles. The van der Waals surface area contributed by atoms with Gasteiger partial charge in [0.1, 0.15) is 5.75 Å². The molecule has 0 spiro atoms. The molecule has 0 aliphatic heterocycles. The quantitative estimate of drug-likeness (QED) is 0.378. The second kappa shape index (κ2) is 8.07. The maximum absolute atomic E-state index is 13.6. The summed E-state index contributed by atoms with van der Waals surface area (Å²) in [5, 5.41) is 2.73. The lowest BCUT2D eigenvalue weighted by Crippen LogP contribution is -2.14. The van der Waals surface area contributed by atoms with Crippen molar-refractivity contribution in [2.24, 2.45) is 0 Å². The number of rotatable bonds is 4. The number of alkyl halides is 3. The zero-order valence-electron chi connectivity index (χ0n) is 16.1. The minimum Gasteiger partial charge on any atom is -0.497 e. The van der Waals surface area contributed by atoms with E-state index >= 15 is 0 Å². The molecule has 0 saturated heterocycles. The maximum Gasteiger partial charge on any atom is 0.450 e. The number of fused-ring (bicyclic) bond motifs is 1. The minimum atomic E-state index is -4.65. The van der Waals surface area contributed by atoms with Gasteiger partial charge in [0.05, 0.1) is 18.1 Å². The Balaban J connectivity index is 1.68. The molecule has 0 aliphatic carbocycles. The molecule has 1 N–H and O–H groups in total. The van der Waals surface area contributed by atoms with Crippen LogP contribution in [-0.2, 0) is 6.18 Å². The summed E-state index contributed by atoms with van der Waals surface area (Å²) in [4.78, 5) is 16.1. The zero-order chi connectivity index (χ0) is 22.2. The largest absolute Gasteiger partial charge is 0.497 e. The SMILES string of the molecule is COc1ccc2c(c1)nc(C(F)(F)F)n2-c1ccc(NC(=O)c2ccc(Br)cc2)cc1. The normalized spacial score (nSPS) is 11.5. The smallest absolute Gasteiger partial charge is 0.450 e. The fourth-order valence-electron chi connectivity index (χ4n) is 3.14. The molecule has 0 bridgehead atoms. The summed E-state index contributed by atoms with van der Waals surface area (Å²) in [5.41, 5.74) is 1.64. The number of nitrogens with zero attached hydrogens (tertiary/aromatic N) is 2. The number of anilines is 1. The highest BCUT2D eigenvalue weighted by atomic mass is 79.9. The van der Waals surface area contributed by atoms with Crippen LogP contribution in [0.1, 0.15) is 16.2 Å². The highest BCUT2D eigenvalue weighted by Gasteiger charge is 2.38. The number of aromatic nitrogens is 2. The Morgan fingerprint density at radius 2 is 1.71 bits per heavy atom. The Bertz CT molecular complexity index is 1250. The van der Waals surface area contributed by atoms with Crippen LogP contribution < -0.4 is 10.1 Å². The van der Waals surface area contributed by atoms with Crippen molar-refractivity contribution in [1.82, 2.24) is 9.55 Å². The van der Waals surface area contributed by atoms with Crippen molar-refractivity contribution in [3.8, 4) is 11.4 Å². The molecule has 0 radical (unpaired) electrons. The third kappa shape index (κ3) is 4.27. The lowest BCUT2D eigenvalue weighted by molar-refractivity contribution is -0.145. The molecule has 0 unspecified atom stereocenters. The van der Waals surface area contributed by atoms with E-state index in [4.69, 9.17) is 4.74 Å². The summed E-state index contributed by atoms with van der Waals surface area (Å²) in [6.07, 6.45) is -4.65. The van der Waals surface area contributed by atoms with Gasteiger partial charge >= 0.3 is 6.18 Å². The average Bonchev–Trinajstić information content (AvgIpc) is 3.14. The van der Waals surface area contributed by atoms with Crippen molar-refractivity contribution < 1.29 is 22.7 Å². The van der Waals surface area contributed by atoms with Crippen molar-refractivity contribution in [3.63, 3.8) is 0 Å². The van der Waals surface area contributed by atoms with Crippen molar-refractivity contribution >= 4 is 38.6 Å². The Morgan fingerprint density at radius 1 is 1.03 bits per heavy atom. The number of amides is 1. The Morgan fingerprint density at radius 3 is 2.32 bits per heavy atom. The second-order valence-electron chi connectivity index (χ2n) is 6.63. The molecule has 0 atom stereocenters. The number of carbonyl (C=O) groups excluding carboxylic acids is 1. The Labute approximate surface area is 183 Å². The Kier molecular flexibility index (Phi) is 5.45. The van der Waals surface area contributed by atoms with Crippen LogP contribution in [0.3, 0.4) is 0 Å².